The molecule has 0 saturated carbocycles. The van der Waals surface area contributed by atoms with Crippen LogP contribution in [0.4, 0.5) is 0 Å². The van der Waals surface area contributed by atoms with Gasteiger partial charge in [0.2, 0.25) is 5.91 Å². The molecular formula is C13H17NO2. The van der Waals surface area contributed by atoms with Crippen molar-refractivity contribution < 1.29 is 9.53 Å². The molecule has 0 aliphatic heterocycles. The van der Waals surface area contributed by atoms with E-state index >= 15 is 0 Å². The van der Waals surface area contributed by atoms with Crippen molar-refractivity contribution >= 4 is 5.91 Å². The number of methoxy groups -OCH3 is 1. The standard InChI is InChI=1S/C13H17NO2/c1-14(13(15)9-16-2)12-8-7-10-5-3-4-6-11(10)12/h3-6,12H,7-9H2,1-2H3/t12-/m0/s1. The van der Waals surface area contributed by atoms with Gasteiger partial charge in [-0.05, 0) is 24.0 Å². The Morgan fingerprint density at radius 1 is 1.50 bits per heavy atom. The molecule has 1 aromatic rings. The Kier molecular flexibility index (Phi) is 3.25. The summed E-state index contributed by atoms with van der Waals surface area (Å²) in [5, 5.41) is 0. The molecule has 1 atom stereocenters. The summed E-state index contributed by atoms with van der Waals surface area (Å²) in [5.74, 6) is 0.0456. The van der Waals surface area contributed by atoms with Crippen LogP contribution < -0.4 is 0 Å². The number of hydrogen-bond donors (Lipinski definition) is 0. The maximum absolute atomic E-state index is 11.7. The number of fused-ring (bicyclic) bond motifs is 1. The maximum Gasteiger partial charge on any atom is 0.248 e. The van der Waals surface area contributed by atoms with E-state index in [9.17, 15) is 4.79 Å². The van der Waals surface area contributed by atoms with Crippen molar-refractivity contribution in [1.82, 2.24) is 4.90 Å². The van der Waals surface area contributed by atoms with Gasteiger partial charge in [0.15, 0.2) is 0 Å². The molecule has 1 aromatic carbocycles. The van der Waals surface area contributed by atoms with Crippen LogP contribution in [0.1, 0.15) is 23.6 Å². The molecule has 0 spiro atoms. The highest BCUT2D eigenvalue weighted by atomic mass is 16.5. The third kappa shape index (κ3) is 1.95. The highest BCUT2D eigenvalue weighted by Gasteiger charge is 2.27. The van der Waals surface area contributed by atoms with Gasteiger partial charge in [0, 0.05) is 14.2 Å². The summed E-state index contributed by atoms with van der Waals surface area (Å²) in [4.78, 5) is 13.5. The molecule has 0 bridgehead atoms. The van der Waals surface area contributed by atoms with Crippen LogP contribution in [0.5, 0.6) is 0 Å². The summed E-state index contributed by atoms with van der Waals surface area (Å²) in [7, 11) is 3.41. The molecule has 1 aliphatic rings. The van der Waals surface area contributed by atoms with Crippen LogP contribution in [0.15, 0.2) is 24.3 Å². The molecule has 0 radical (unpaired) electrons. The number of rotatable bonds is 3. The summed E-state index contributed by atoms with van der Waals surface area (Å²) >= 11 is 0. The average molecular weight is 219 g/mol. The second-order valence-corrected chi connectivity index (χ2v) is 4.19. The highest BCUT2D eigenvalue weighted by molar-refractivity contribution is 5.77. The van der Waals surface area contributed by atoms with Crippen LogP contribution in [0.2, 0.25) is 0 Å². The minimum absolute atomic E-state index is 0.0456. The molecule has 2 rings (SSSR count). The van der Waals surface area contributed by atoms with E-state index < -0.39 is 0 Å². The number of benzene rings is 1. The van der Waals surface area contributed by atoms with Gasteiger partial charge in [-0.2, -0.15) is 0 Å². The lowest BCUT2D eigenvalue weighted by Gasteiger charge is -2.25. The van der Waals surface area contributed by atoms with Crippen molar-refractivity contribution in [3.05, 3.63) is 35.4 Å². The predicted molar refractivity (Wildman–Crippen MR) is 62.2 cm³/mol. The first-order chi connectivity index (χ1) is 7.74. The van der Waals surface area contributed by atoms with Gasteiger partial charge < -0.3 is 9.64 Å². The van der Waals surface area contributed by atoms with Gasteiger partial charge in [-0.3, -0.25) is 4.79 Å². The Morgan fingerprint density at radius 3 is 3.00 bits per heavy atom. The predicted octanol–water partition coefficient (Wildman–Crippen LogP) is 1.78. The lowest BCUT2D eigenvalue weighted by atomic mass is 10.1. The van der Waals surface area contributed by atoms with Gasteiger partial charge in [-0.25, -0.2) is 0 Å². The third-order valence-corrected chi connectivity index (χ3v) is 3.23. The van der Waals surface area contributed by atoms with Gasteiger partial charge >= 0.3 is 0 Å². The summed E-state index contributed by atoms with van der Waals surface area (Å²) in [6.45, 7) is 0.162. The van der Waals surface area contributed by atoms with E-state index in [4.69, 9.17) is 4.74 Å². The van der Waals surface area contributed by atoms with E-state index in [0.717, 1.165) is 12.8 Å². The van der Waals surface area contributed by atoms with E-state index in [1.54, 1.807) is 12.0 Å². The number of carbonyl (C=O) groups excluding carboxylic acids is 1. The molecule has 0 saturated heterocycles. The fourth-order valence-electron chi connectivity index (χ4n) is 2.34. The van der Waals surface area contributed by atoms with Gasteiger partial charge in [-0.1, -0.05) is 24.3 Å². The van der Waals surface area contributed by atoms with Crippen molar-refractivity contribution in [2.45, 2.75) is 18.9 Å². The lowest BCUT2D eigenvalue weighted by Crippen LogP contribution is -2.32. The van der Waals surface area contributed by atoms with Crippen molar-refractivity contribution in [3.8, 4) is 0 Å². The Hall–Kier alpha value is -1.35. The van der Waals surface area contributed by atoms with E-state index in [1.807, 2.05) is 13.1 Å². The molecule has 86 valence electrons. The fourth-order valence-corrected chi connectivity index (χ4v) is 2.34. The van der Waals surface area contributed by atoms with Crippen molar-refractivity contribution in [3.63, 3.8) is 0 Å². The fraction of sp³-hybridized carbons (Fsp3) is 0.462. The molecule has 0 fully saturated rings. The Labute approximate surface area is 96.0 Å². The number of nitrogens with zero attached hydrogens (tertiary/aromatic N) is 1. The molecule has 0 aromatic heterocycles. The molecule has 3 heteroatoms. The van der Waals surface area contributed by atoms with Crippen LogP contribution in [0, 0.1) is 0 Å². The Morgan fingerprint density at radius 2 is 2.25 bits per heavy atom. The third-order valence-electron chi connectivity index (χ3n) is 3.23. The van der Waals surface area contributed by atoms with Gasteiger partial charge in [0.25, 0.3) is 0 Å². The van der Waals surface area contributed by atoms with E-state index in [-0.39, 0.29) is 18.6 Å². The van der Waals surface area contributed by atoms with Gasteiger partial charge in [0.1, 0.15) is 6.61 Å². The molecule has 0 heterocycles. The van der Waals surface area contributed by atoms with Gasteiger partial charge in [-0.15, -0.1) is 0 Å². The first kappa shape index (κ1) is 11.1. The Balaban J connectivity index is 2.15. The van der Waals surface area contributed by atoms with Crippen LogP contribution in [-0.4, -0.2) is 31.6 Å². The second kappa shape index (κ2) is 4.66. The summed E-state index contributed by atoms with van der Waals surface area (Å²) in [5.41, 5.74) is 2.65. The molecule has 0 N–H and O–H groups in total. The number of aryl methyl sites for hydroxylation is 1. The zero-order chi connectivity index (χ0) is 11.5. The normalized spacial score (nSPS) is 18.2. The van der Waals surface area contributed by atoms with Crippen molar-refractivity contribution in [1.29, 1.82) is 0 Å². The highest BCUT2D eigenvalue weighted by Crippen LogP contribution is 2.34. The molecular weight excluding hydrogens is 202 g/mol. The van der Waals surface area contributed by atoms with Crippen molar-refractivity contribution in [2.24, 2.45) is 0 Å². The van der Waals surface area contributed by atoms with E-state index in [0.29, 0.717) is 0 Å². The smallest absolute Gasteiger partial charge is 0.248 e. The molecule has 3 nitrogen and oxygen atoms in total. The molecule has 1 aliphatic carbocycles. The number of likely N-dealkylation sites (N-methyl/N-ethyl adjacent to an activating group) is 1. The lowest BCUT2D eigenvalue weighted by molar-refractivity contribution is -0.136. The first-order valence-electron chi connectivity index (χ1n) is 5.56. The summed E-state index contributed by atoms with van der Waals surface area (Å²) < 4.78 is 4.88. The summed E-state index contributed by atoms with van der Waals surface area (Å²) in [6.07, 6.45) is 2.08. The number of carbonyl (C=O) groups is 1. The first-order valence-corrected chi connectivity index (χ1v) is 5.56. The minimum atomic E-state index is 0.0456. The van der Waals surface area contributed by atoms with E-state index in [2.05, 4.69) is 18.2 Å². The number of hydrogen-bond acceptors (Lipinski definition) is 2. The largest absolute Gasteiger partial charge is 0.375 e. The van der Waals surface area contributed by atoms with Gasteiger partial charge in [0.05, 0.1) is 6.04 Å². The zero-order valence-electron chi connectivity index (χ0n) is 9.77. The van der Waals surface area contributed by atoms with E-state index in [1.165, 1.54) is 11.1 Å². The Bertz CT molecular complexity index is 389. The second-order valence-electron chi connectivity index (χ2n) is 4.19. The van der Waals surface area contributed by atoms with Crippen LogP contribution in [0.3, 0.4) is 0 Å². The topological polar surface area (TPSA) is 29.5 Å². The molecule has 1 amide bonds. The molecule has 16 heavy (non-hydrogen) atoms. The zero-order valence-corrected chi connectivity index (χ0v) is 9.77. The summed E-state index contributed by atoms with van der Waals surface area (Å²) in [6, 6.07) is 8.57. The number of ether oxygens (including phenoxy) is 1. The maximum atomic E-state index is 11.7. The monoisotopic (exact) mass is 219 g/mol. The van der Waals surface area contributed by atoms with Crippen LogP contribution in [0.25, 0.3) is 0 Å². The average Bonchev–Trinajstić information content (AvgIpc) is 2.72. The minimum Gasteiger partial charge on any atom is -0.375 e. The SMILES string of the molecule is COCC(=O)N(C)[C@H]1CCc2ccccc21. The van der Waals surface area contributed by atoms with Crippen LogP contribution >= 0.6 is 0 Å². The quantitative estimate of drug-likeness (QED) is 0.775. The molecule has 0 unspecified atom stereocenters. The van der Waals surface area contributed by atoms with Crippen molar-refractivity contribution in [2.75, 3.05) is 20.8 Å². The number of amides is 1. The van der Waals surface area contributed by atoms with Crippen LogP contribution in [-0.2, 0) is 16.0 Å².